The largest absolute Gasteiger partial charge is 0.322 e. The van der Waals surface area contributed by atoms with Gasteiger partial charge in [0.25, 0.3) is 0 Å². The molecule has 0 radical (unpaired) electrons. The van der Waals surface area contributed by atoms with Crippen LogP contribution in [0, 0.1) is 0 Å². The van der Waals surface area contributed by atoms with Crippen LogP contribution >= 0.6 is 0 Å². The molecule has 9 rings (SSSR count). The summed E-state index contributed by atoms with van der Waals surface area (Å²) < 4.78 is 2.46. The van der Waals surface area contributed by atoms with E-state index in [0.29, 0.717) is 0 Å². The van der Waals surface area contributed by atoms with E-state index in [4.69, 9.17) is 9.98 Å². The van der Waals surface area contributed by atoms with E-state index >= 15 is 0 Å². The van der Waals surface area contributed by atoms with Crippen LogP contribution in [0.5, 0.6) is 0 Å². The molecule has 55 heavy (non-hydrogen) atoms. The fourth-order valence-corrected chi connectivity index (χ4v) is 9.35. The third-order valence-corrected chi connectivity index (χ3v) is 13.3. The van der Waals surface area contributed by atoms with Crippen molar-refractivity contribution >= 4 is 55.6 Å². The summed E-state index contributed by atoms with van der Waals surface area (Å²) in [6.45, 7) is 22.4. The monoisotopic (exact) mass is 721 g/mol. The number of fused-ring (bicyclic) bond motifs is 5. The van der Waals surface area contributed by atoms with Gasteiger partial charge in [-0.05, 0) is 151 Å². The number of aromatic nitrogens is 1. The van der Waals surface area contributed by atoms with Crippen LogP contribution in [-0.2, 0) is 0 Å². The van der Waals surface area contributed by atoms with Crippen molar-refractivity contribution in [2.75, 3.05) is 9.80 Å². The Morgan fingerprint density at radius 1 is 0.418 bits per heavy atom. The first-order valence-electron chi connectivity index (χ1n) is 19.6. The molecule has 2 aliphatic heterocycles. The first-order valence-corrected chi connectivity index (χ1v) is 19.6. The third-order valence-electron chi connectivity index (χ3n) is 13.3. The zero-order valence-electron chi connectivity index (χ0n) is 33.9. The molecule has 0 fully saturated rings. The summed E-state index contributed by atoms with van der Waals surface area (Å²) in [6, 6.07) is 47.2. The Morgan fingerprint density at radius 3 is 1.51 bits per heavy atom. The van der Waals surface area contributed by atoms with Crippen LogP contribution in [0.3, 0.4) is 0 Å². The van der Waals surface area contributed by atoms with Crippen LogP contribution in [-0.4, -0.2) is 38.4 Å². The molecule has 0 atom stereocenters. The van der Waals surface area contributed by atoms with E-state index in [1.165, 1.54) is 60.5 Å². The topological polar surface area (TPSA) is 36.1 Å². The van der Waals surface area contributed by atoms with Gasteiger partial charge in [0.15, 0.2) is 0 Å². The highest BCUT2D eigenvalue weighted by atomic mass is 15.3. The third kappa shape index (κ3) is 5.12. The van der Waals surface area contributed by atoms with Crippen molar-refractivity contribution < 1.29 is 0 Å². The molecule has 0 aliphatic carbocycles. The second-order valence-electron chi connectivity index (χ2n) is 17.6. The number of para-hydroxylation sites is 1. The number of hydrogen-bond acceptors (Lipinski definition) is 4. The predicted octanol–water partition coefficient (Wildman–Crippen LogP) is 12.9. The van der Waals surface area contributed by atoms with E-state index in [1.54, 1.807) is 0 Å². The summed E-state index contributed by atoms with van der Waals surface area (Å²) in [6.07, 6.45) is 0. The van der Waals surface area contributed by atoms with Crippen LogP contribution in [0.25, 0.3) is 60.5 Å². The minimum absolute atomic E-state index is 0.161. The van der Waals surface area contributed by atoms with Crippen molar-refractivity contribution in [1.82, 2.24) is 4.57 Å². The maximum atomic E-state index is 5.09. The minimum Gasteiger partial charge on any atom is -0.322 e. The maximum absolute atomic E-state index is 5.09. The van der Waals surface area contributed by atoms with E-state index in [-0.39, 0.29) is 22.2 Å². The average Bonchev–Trinajstić information content (AvgIpc) is 3.63. The number of hydrogen-bond donors (Lipinski definition) is 0. The van der Waals surface area contributed by atoms with E-state index < -0.39 is 0 Å². The van der Waals surface area contributed by atoms with Crippen molar-refractivity contribution in [3.8, 4) is 27.9 Å². The quantitative estimate of drug-likeness (QED) is 0.177. The van der Waals surface area contributed by atoms with Crippen molar-refractivity contribution in [2.45, 2.75) is 91.4 Å². The smallest absolute Gasteiger partial charge is 0.102 e. The summed E-state index contributed by atoms with van der Waals surface area (Å²) >= 11 is 0. The molecule has 0 bridgehead atoms. The molecule has 2 aliphatic rings. The number of nitrogens with zero attached hydrogens (tertiary/aromatic N) is 5. The van der Waals surface area contributed by atoms with Gasteiger partial charge in [0.2, 0.25) is 0 Å². The molecular formula is C50H51N5. The molecule has 0 saturated heterocycles. The Bertz CT molecular complexity index is 2740. The Kier molecular flexibility index (Phi) is 7.59. The number of rotatable bonds is 5. The number of amidine groups is 2. The van der Waals surface area contributed by atoms with E-state index in [2.05, 4.69) is 211 Å². The molecule has 276 valence electrons. The summed E-state index contributed by atoms with van der Waals surface area (Å²) in [5.74, 6) is 2.10. The molecule has 3 heterocycles. The van der Waals surface area contributed by atoms with Gasteiger partial charge in [-0.3, -0.25) is 9.98 Å². The fraction of sp³-hybridized carbons (Fsp3) is 0.280. The summed E-state index contributed by atoms with van der Waals surface area (Å²) in [5, 5.41) is 5.01. The number of anilines is 2. The molecule has 6 aromatic carbocycles. The van der Waals surface area contributed by atoms with Crippen LogP contribution in [0.2, 0.25) is 0 Å². The highest BCUT2D eigenvalue weighted by Crippen LogP contribution is 2.46. The van der Waals surface area contributed by atoms with E-state index in [1.807, 2.05) is 0 Å². The highest BCUT2D eigenvalue weighted by Gasteiger charge is 2.49. The molecule has 7 aromatic rings. The van der Waals surface area contributed by atoms with Gasteiger partial charge in [-0.2, -0.15) is 0 Å². The molecule has 0 amide bonds. The van der Waals surface area contributed by atoms with Crippen molar-refractivity contribution in [2.24, 2.45) is 9.98 Å². The Morgan fingerprint density at radius 2 is 0.927 bits per heavy atom. The lowest BCUT2D eigenvalue weighted by molar-refractivity contribution is 0.338. The van der Waals surface area contributed by atoms with Gasteiger partial charge in [0.1, 0.15) is 11.7 Å². The molecule has 1 aromatic heterocycles. The zero-order valence-corrected chi connectivity index (χ0v) is 33.9. The minimum atomic E-state index is -0.204. The van der Waals surface area contributed by atoms with Crippen molar-refractivity contribution in [3.63, 3.8) is 0 Å². The molecule has 0 N–H and O–H groups in total. The fourth-order valence-electron chi connectivity index (χ4n) is 9.35. The lowest BCUT2D eigenvalue weighted by Crippen LogP contribution is -2.53. The molecule has 5 nitrogen and oxygen atoms in total. The summed E-state index contributed by atoms with van der Waals surface area (Å²) in [4.78, 5) is 15.0. The molecule has 5 heteroatoms. The molecule has 0 unspecified atom stereocenters. The Hall–Kier alpha value is -5.68. The lowest BCUT2D eigenvalue weighted by atomic mass is 9.83. The molecular weight excluding hydrogens is 671 g/mol. The normalized spacial score (nSPS) is 18.4. The second kappa shape index (κ2) is 11.9. The first kappa shape index (κ1) is 35.0. The van der Waals surface area contributed by atoms with Crippen molar-refractivity contribution in [3.05, 3.63) is 127 Å². The van der Waals surface area contributed by atoms with Gasteiger partial charge >= 0.3 is 0 Å². The van der Waals surface area contributed by atoms with Gasteiger partial charge in [0, 0.05) is 27.8 Å². The van der Waals surface area contributed by atoms with Gasteiger partial charge < -0.3 is 14.4 Å². The first-order chi connectivity index (χ1) is 26.1. The SMILES string of the molecule is CC1=NC(C)(C)C(C)(C)N1c1cccc(-c2ccc3c4c5ccccc5c(-c5cccc(N6C(C)=NC(C)(C)C6(C)C)c5)cc4n(-c4ccccc4)c3c2)c1. The Labute approximate surface area is 325 Å². The van der Waals surface area contributed by atoms with Crippen LogP contribution in [0.4, 0.5) is 11.4 Å². The zero-order chi connectivity index (χ0) is 38.7. The van der Waals surface area contributed by atoms with Gasteiger partial charge in [0.05, 0.1) is 33.2 Å². The standard InChI is InChI=1S/C50H51N5/c1-32-51-47(3,4)49(7,8)54(32)38-22-16-18-34(28-38)35-26-27-42-44(30-35)53(37-20-12-11-13-21-37)45-31-43(40-24-14-15-25-41(40)46(42)45)36-19-17-23-39(29-36)55-33(2)52-48(5,6)50(55,9)10/h11-31H,1-10H3. The van der Waals surface area contributed by atoms with E-state index in [0.717, 1.165) is 23.0 Å². The van der Waals surface area contributed by atoms with Gasteiger partial charge in [-0.25, -0.2) is 0 Å². The van der Waals surface area contributed by atoms with Gasteiger partial charge in [-0.15, -0.1) is 0 Å². The Balaban J connectivity index is 1.26. The van der Waals surface area contributed by atoms with Crippen LogP contribution < -0.4 is 9.80 Å². The number of benzene rings is 6. The summed E-state index contributed by atoms with van der Waals surface area (Å²) in [7, 11) is 0. The predicted molar refractivity (Wildman–Crippen MR) is 237 cm³/mol. The van der Waals surface area contributed by atoms with Crippen molar-refractivity contribution in [1.29, 1.82) is 0 Å². The lowest BCUT2D eigenvalue weighted by Gasteiger charge is -2.41. The summed E-state index contributed by atoms with van der Waals surface area (Å²) in [5.41, 5.74) is 9.90. The second-order valence-corrected chi connectivity index (χ2v) is 17.6. The van der Waals surface area contributed by atoms with E-state index in [9.17, 15) is 0 Å². The number of aliphatic imine (C=N–C) groups is 2. The van der Waals surface area contributed by atoms with Crippen LogP contribution in [0.15, 0.2) is 137 Å². The molecule has 0 saturated carbocycles. The highest BCUT2D eigenvalue weighted by molar-refractivity contribution is 6.24. The van der Waals surface area contributed by atoms with Gasteiger partial charge in [-0.1, -0.05) is 78.9 Å². The van der Waals surface area contributed by atoms with Crippen LogP contribution in [0.1, 0.15) is 69.2 Å². The molecule has 0 spiro atoms. The maximum Gasteiger partial charge on any atom is 0.102 e. The average molecular weight is 722 g/mol.